The number of piperidine rings is 1. The van der Waals surface area contributed by atoms with Crippen molar-refractivity contribution in [1.29, 1.82) is 0 Å². The number of amides is 2. The number of carbonyl (C=O) groups is 2. The molecular formula is C15H16FNO2. The number of hydrogen-bond acceptors (Lipinski definition) is 2. The molecule has 1 saturated heterocycles. The molecule has 1 spiro atoms. The molecule has 1 aromatic rings. The van der Waals surface area contributed by atoms with Gasteiger partial charge in [0.05, 0.1) is 5.92 Å². The van der Waals surface area contributed by atoms with Crippen molar-refractivity contribution < 1.29 is 14.0 Å². The maximum Gasteiger partial charge on any atom is 0.234 e. The summed E-state index contributed by atoms with van der Waals surface area (Å²) in [6, 6.07) is 6.40. The van der Waals surface area contributed by atoms with Crippen LogP contribution in [0.1, 0.15) is 43.6 Å². The molecule has 2 amide bonds. The third-order valence-corrected chi connectivity index (χ3v) is 4.47. The second kappa shape index (κ2) is 4.44. The zero-order valence-electron chi connectivity index (χ0n) is 10.6. The number of halogens is 1. The molecule has 1 unspecified atom stereocenters. The lowest BCUT2D eigenvalue weighted by Crippen LogP contribution is -2.50. The normalized spacial score (nSPS) is 25.6. The molecule has 1 heterocycles. The smallest absolute Gasteiger partial charge is 0.234 e. The quantitative estimate of drug-likeness (QED) is 0.789. The van der Waals surface area contributed by atoms with Crippen molar-refractivity contribution in [2.45, 2.75) is 38.0 Å². The third kappa shape index (κ3) is 1.95. The number of rotatable bonds is 1. The zero-order chi connectivity index (χ0) is 13.5. The van der Waals surface area contributed by atoms with Crippen LogP contribution in [0.2, 0.25) is 0 Å². The molecule has 1 atom stereocenters. The zero-order valence-corrected chi connectivity index (χ0v) is 10.6. The molecule has 0 radical (unpaired) electrons. The minimum absolute atomic E-state index is 0.223. The first-order valence-corrected chi connectivity index (χ1v) is 6.70. The van der Waals surface area contributed by atoms with E-state index in [1.807, 2.05) is 0 Å². The second-order valence-electron chi connectivity index (χ2n) is 5.61. The van der Waals surface area contributed by atoms with Crippen LogP contribution in [0.3, 0.4) is 0 Å². The first kappa shape index (κ1) is 12.3. The van der Waals surface area contributed by atoms with Crippen molar-refractivity contribution in [2.75, 3.05) is 0 Å². The standard InChI is InChI=1S/C15H16FNO2/c16-11-6-2-1-5-10(11)13-14(19)17-12(18)9-15(13)7-3-4-8-15/h1-2,5-6,13H,3-4,7-9H2,(H,17,18,19). The molecule has 19 heavy (non-hydrogen) atoms. The SMILES string of the molecule is O=C1CC2(CCCC2)C(c2ccccc2F)C(=O)N1. The number of benzene rings is 1. The van der Waals surface area contributed by atoms with E-state index in [9.17, 15) is 14.0 Å². The van der Waals surface area contributed by atoms with Gasteiger partial charge in [-0.1, -0.05) is 31.0 Å². The summed E-state index contributed by atoms with van der Waals surface area (Å²) in [5.41, 5.74) is 0.0520. The molecule has 0 bridgehead atoms. The Morgan fingerprint density at radius 1 is 1.16 bits per heavy atom. The number of imide groups is 1. The topological polar surface area (TPSA) is 46.2 Å². The van der Waals surface area contributed by atoms with Gasteiger partial charge in [-0.15, -0.1) is 0 Å². The van der Waals surface area contributed by atoms with Crippen molar-refractivity contribution >= 4 is 11.8 Å². The average molecular weight is 261 g/mol. The molecule has 0 aromatic heterocycles. The minimum Gasteiger partial charge on any atom is -0.296 e. The van der Waals surface area contributed by atoms with E-state index in [-0.39, 0.29) is 23.0 Å². The summed E-state index contributed by atoms with van der Waals surface area (Å²) in [7, 11) is 0. The third-order valence-electron chi connectivity index (χ3n) is 4.47. The number of carbonyl (C=O) groups excluding carboxylic acids is 2. The van der Waals surface area contributed by atoms with Crippen molar-refractivity contribution in [3.63, 3.8) is 0 Å². The van der Waals surface area contributed by atoms with E-state index in [1.165, 1.54) is 6.07 Å². The molecular weight excluding hydrogens is 245 g/mol. The Morgan fingerprint density at radius 2 is 1.84 bits per heavy atom. The van der Waals surface area contributed by atoms with Crippen LogP contribution in [0.4, 0.5) is 4.39 Å². The summed E-state index contributed by atoms with van der Waals surface area (Å²) >= 11 is 0. The lowest BCUT2D eigenvalue weighted by Gasteiger charge is -2.40. The fourth-order valence-electron chi connectivity index (χ4n) is 3.68. The molecule has 1 N–H and O–H groups in total. The van der Waals surface area contributed by atoms with Gasteiger partial charge in [-0.05, 0) is 24.3 Å². The molecule has 1 aromatic carbocycles. The van der Waals surface area contributed by atoms with Crippen LogP contribution in [-0.4, -0.2) is 11.8 Å². The monoisotopic (exact) mass is 261 g/mol. The van der Waals surface area contributed by atoms with E-state index in [1.54, 1.807) is 18.2 Å². The molecule has 1 aliphatic heterocycles. The van der Waals surface area contributed by atoms with Gasteiger partial charge in [0, 0.05) is 12.0 Å². The van der Waals surface area contributed by atoms with Crippen LogP contribution in [-0.2, 0) is 9.59 Å². The molecule has 4 heteroatoms. The maximum absolute atomic E-state index is 14.0. The van der Waals surface area contributed by atoms with Crippen LogP contribution < -0.4 is 5.32 Å². The van der Waals surface area contributed by atoms with Crippen LogP contribution in [0.25, 0.3) is 0 Å². The Morgan fingerprint density at radius 3 is 2.53 bits per heavy atom. The summed E-state index contributed by atoms with van der Waals surface area (Å²) < 4.78 is 14.0. The summed E-state index contributed by atoms with van der Waals surface area (Å²) in [5.74, 6) is -1.46. The fraction of sp³-hybridized carbons (Fsp3) is 0.467. The van der Waals surface area contributed by atoms with Crippen LogP contribution >= 0.6 is 0 Å². The highest BCUT2D eigenvalue weighted by molar-refractivity contribution is 6.02. The maximum atomic E-state index is 14.0. The van der Waals surface area contributed by atoms with E-state index in [0.717, 1.165) is 25.7 Å². The van der Waals surface area contributed by atoms with E-state index < -0.39 is 5.92 Å². The van der Waals surface area contributed by atoms with Crippen LogP contribution in [0.15, 0.2) is 24.3 Å². The van der Waals surface area contributed by atoms with E-state index in [4.69, 9.17) is 0 Å². The van der Waals surface area contributed by atoms with Gasteiger partial charge in [0.15, 0.2) is 0 Å². The lowest BCUT2D eigenvalue weighted by atomic mass is 9.66. The summed E-state index contributed by atoms with van der Waals surface area (Å²) in [6.45, 7) is 0. The van der Waals surface area contributed by atoms with Crippen molar-refractivity contribution in [1.82, 2.24) is 5.32 Å². The Kier molecular flexibility index (Phi) is 2.88. The van der Waals surface area contributed by atoms with Crippen LogP contribution in [0, 0.1) is 11.2 Å². The summed E-state index contributed by atoms with van der Waals surface area (Å²) in [5, 5.41) is 2.36. The van der Waals surface area contributed by atoms with Crippen LogP contribution in [0.5, 0.6) is 0 Å². The Balaban J connectivity index is 2.08. The summed E-state index contributed by atoms with van der Waals surface area (Å²) in [6.07, 6.45) is 3.99. The number of nitrogens with one attached hydrogen (secondary N) is 1. The number of hydrogen-bond donors (Lipinski definition) is 1. The van der Waals surface area contributed by atoms with Gasteiger partial charge in [-0.3, -0.25) is 14.9 Å². The van der Waals surface area contributed by atoms with Crippen molar-refractivity contribution in [3.8, 4) is 0 Å². The van der Waals surface area contributed by atoms with Gasteiger partial charge in [0.2, 0.25) is 11.8 Å². The molecule has 2 aliphatic rings. The average Bonchev–Trinajstić information content (AvgIpc) is 2.79. The minimum atomic E-state index is -0.533. The Hall–Kier alpha value is -1.71. The molecule has 100 valence electrons. The van der Waals surface area contributed by atoms with Gasteiger partial charge >= 0.3 is 0 Å². The lowest BCUT2D eigenvalue weighted by molar-refractivity contribution is -0.140. The highest BCUT2D eigenvalue weighted by atomic mass is 19.1. The van der Waals surface area contributed by atoms with Gasteiger partial charge in [-0.25, -0.2) is 4.39 Å². The molecule has 1 aliphatic carbocycles. The van der Waals surface area contributed by atoms with E-state index >= 15 is 0 Å². The molecule has 1 saturated carbocycles. The van der Waals surface area contributed by atoms with Gasteiger partial charge in [-0.2, -0.15) is 0 Å². The van der Waals surface area contributed by atoms with Gasteiger partial charge < -0.3 is 0 Å². The predicted molar refractivity (Wildman–Crippen MR) is 67.8 cm³/mol. The predicted octanol–water partition coefficient (Wildman–Crippen LogP) is 2.52. The Labute approximate surface area is 111 Å². The Bertz CT molecular complexity index is 535. The van der Waals surface area contributed by atoms with Crippen molar-refractivity contribution in [3.05, 3.63) is 35.6 Å². The van der Waals surface area contributed by atoms with E-state index in [0.29, 0.717) is 12.0 Å². The van der Waals surface area contributed by atoms with Crippen molar-refractivity contribution in [2.24, 2.45) is 5.41 Å². The van der Waals surface area contributed by atoms with Gasteiger partial charge in [0.1, 0.15) is 5.82 Å². The second-order valence-corrected chi connectivity index (χ2v) is 5.61. The molecule has 3 rings (SSSR count). The molecule has 2 fully saturated rings. The first-order valence-electron chi connectivity index (χ1n) is 6.70. The summed E-state index contributed by atoms with van der Waals surface area (Å²) in [4.78, 5) is 23.9. The molecule has 3 nitrogen and oxygen atoms in total. The first-order chi connectivity index (χ1) is 9.12. The van der Waals surface area contributed by atoms with Gasteiger partial charge in [0.25, 0.3) is 0 Å². The van der Waals surface area contributed by atoms with E-state index in [2.05, 4.69) is 5.32 Å². The fourth-order valence-corrected chi connectivity index (χ4v) is 3.68. The largest absolute Gasteiger partial charge is 0.296 e. The highest BCUT2D eigenvalue weighted by Crippen LogP contribution is 2.53. The highest BCUT2D eigenvalue weighted by Gasteiger charge is 2.51.